The van der Waals surface area contributed by atoms with Gasteiger partial charge in [-0.3, -0.25) is 0 Å². The van der Waals surface area contributed by atoms with Gasteiger partial charge in [-0.15, -0.1) is 0 Å². The van der Waals surface area contributed by atoms with Gasteiger partial charge in [0.2, 0.25) is 0 Å². The highest BCUT2D eigenvalue weighted by atomic mass is 28.3. The van der Waals surface area contributed by atoms with Gasteiger partial charge in [0.15, 0.2) is 0 Å². The predicted octanol–water partition coefficient (Wildman–Crippen LogP) is 12.2. The van der Waals surface area contributed by atoms with Gasteiger partial charge >= 0.3 is 0 Å². The van der Waals surface area contributed by atoms with E-state index in [9.17, 15) is 0 Å². The molecule has 1 aliphatic rings. The smallest absolute Gasteiger partial charge is 0.0623 e. The van der Waals surface area contributed by atoms with E-state index in [1.54, 1.807) is 10.4 Å². The standard InChI is InChI=1S/C48H40Si/c1-29-20-30(2)23-35(22-29)47-40-19-18-34(38-16-11-13-33-12-7-8-14-37(33)38)26-42(40)48(36-24-31(3)21-32(4)25-36)44-28-46-41(27-43(44)47)39-15-9-10-17-45(39)49(46,5)6/h7-28H,1-6H3. The van der Waals surface area contributed by atoms with Crippen LogP contribution in [-0.4, -0.2) is 8.07 Å². The summed E-state index contributed by atoms with van der Waals surface area (Å²) in [6.07, 6.45) is 0. The number of hydrogen-bond acceptors (Lipinski definition) is 0. The van der Waals surface area contributed by atoms with Gasteiger partial charge in [0.1, 0.15) is 8.07 Å². The maximum atomic E-state index is 2.61. The molecule has 0 nitrogen and oxygen atoms in total. The quantitative estimate of drug-likeness (QED) is 0.133. The molecular formula is C48H40Si. The summed E-state index contributed by atoms with van der Waals surface area (Å²) in [6, 6.07) is 51.2. The molecule has 0 atom stereocenters. The number of rotatable bonds is 3. The van der Waals surface area contributed by atoms with Crippen LogP contribution in [0.4, 0.5) is 0 Å². The van der Waals surface area contributed by atoms with Gasteiger partial charge in [-0.05, 0) is 127 Å². The molecule has 0 radical (unpaired) electrons. The molecule has 0 amide bonds. The molecule has 0 saturated carbocycles. The first kappa shape index (κ1) is 29.9. The SMILES string of the molecule is Cc1cc(C)cc(-c2c3ccc(-c4cccc5ccccc45)cc3c(-c3cc(C)cc(C)c3)c3cc4c(cc23)-c2ccccc2[Si]4(C)C)c1. The third kappa shape index (κ3) is 4.64. The van der Waals surface area contributed by atoms with Crippen molar-refractivity contribution >= 4 is 50.8 Å². The second-order valence-corrected chi connectivity index (χ2v) is 19.2. The Balaban J connectivity index is 1.49. The van der Waals surface area contributed by atoms with Crippen molar-refractivity contribution in [2.24, 2.45) is 0 Å². The lowest BCUT2D eigenvalue weighted by Gasteiger charge is -2.23. The molecule has 0 bridgehead atoms. The molecule has 0 unspecified atom stereocenters. The lowest BCUT2D eigenvalue weighted by molar-refractivity contribution is 1.38. The Labute approximate surface area is 290 Å². The van der Waals surface area contributed by atoms with Crippen molar-refractivity contribution in [2.75, 3.05) is 0 Å². The second kappa shape index (κ2) is 10.9. The monoisotopic (exact) mass is 644 g/mol. The molecule has 1 aliphatic heterocycles. The molecule has 0 aliphatic carbocycles. The highest BCUT2D eigenvalue weighted by Crippen LogP contribution is 2.47. The topological polar surface area (TPSA) is 0 Å². The highest BCUT2D eigenvalue weighted by Gasteiger charge is 2.38. The van der Waals surface area contributed by atoms with Crippen LogP contribution in [-0.2, 0) is 0 Å². The summed E-state index contributed by atoms with van der Waals surface area (Å²) in [6.45, 7) is 14.0. The van der Waals surface area contributed by atoms with E-state index in [1.165, 1.54) is 99.1 Å². The molecule has 1 heterocycles. The molecular weight excluding hydrogens is 605 g/mol. The fourth-order valence-corrected chi connectivity index (χ4v) is 12.0. The fraction of sp³-hybridized carbons (Fsp3) is 0.125. The Hall–Kier alpha value is -5.24. The lowest BCUT2D eigenvalue weighted by atomic mass is 9.82. The Morgan fingerprint density at radius 2 is 0.898 bits per heavy atom. The Morgan fingerprint density at radius 1 is 0.347 bits per heavy atom. The van der Waals surface area contributed by atoms with E-state index in [2.05, 4.69) is 174 Å². The van der Waals surface area contributed by atoms with Crippen LogP contribution in [0.2, 0.25) is 13.1 Å². The van der Waals surface area contributed by atoms with Crippen LogP contribution in [0, 0.1) is 27.7 Å². The van der Waals surface area contributed by atoms with E-state index in [0.717, 1.165) is 0 Å². The van der Waals surface area contributed by atoms with E-state index in [4.69, 9.17) is 0 Å². The van der Waals surface area contributed by atoms with Crippen LogP contribution >= 0.6 is 0 Å². The Morgan fingerprint density at radius 3 is 1.61 bits per heavy atom. The van der Waals surface area contributed by atoms with Gasteiger partial charge in [-0.25, -0.2) is 0 Å². The van der Waals surface area contributed by atoms with Gasteiger partial charge in [-0.2, -0.15) is 0 Å². The van der Waals surface area contributed by atoms with E-state index < -0.39 is 8.07 Å². The molecule has 0 spiro atoms. The molecule has 1 heteroatoms. The average Bonchev–Trinajstić information content (AvgIpc) is 3.30. The molecule has 8 aromatic rings. The van der Waals surface area contributed by atoms with Gasteiger partial charge in [0.05, 0.1) is 0 Å². The first-order chi connectivity index (χ1) is 23.7. The summed E-state index contributed by atoms with van der Waals surface area (Å²) in [4.78, 5) is 0. The molecule has 49 heavy (non-hydrogen) atoms. The zero-order chi connectivity index (χ0) is 33.6. The van der Waals surface area contributed by atoms with E-state index in [0.29, 0.717) is 0 Å². The zero-order valence-electron chi connectivity index (χ0n) is 29.2. The minimum absolute atomic E-state index is 1.25. The molecule has 0 N–H and O–H groups in total. The minimum Gasteiger partial charge on any atom is -0.0623 e. The third-order valence-electron chi connectivity index (χ3n) is 10.9. The van der Waals surface area contributed by atoms with E-state index in [1.807, 2.05) is 0 Å². The normalized spacial score (nSPS) is 13.3. The molecule has 0 fully saturated rings. The van der Waals surface area contributed by atoms with Crippen molar-refractivity contribution in [3.63, 3.8) is 0 Å². The maximum Gasteiger partial charge on any atom is 0.113 e. The number of benzene rings is 8. The van der Waals surface area contributed by atoms with Crippen molar-refractivity contribution < 1.29 is 0 Å². The third-order valence-corrected chi connectivity index (χ3v) is 14.5. The van der Waals surface area contributed by atoms with Crippen molar-refractivity contribution in [3.05, 3.63) is 156 Å². The van der Waals surface area contributed by atoms with Gasteiger partial charge in [0, 0.05) is 0 Å². The van der Waals surface area contributed by atoms with E-state index in [-0.39, 0.29) is 0 Å². The average molecular weight is 645 g/mol. The lowest BCUT2D eigenvalue weighted by Crippen LogP contribution is -2.49. The molecule has 0 saturated heterocycles. The summed E-state index contributed by atoms with van der Waals surface area (Å²) in [5, 5.41) is 11.0. The van der Waals surface area contributed by atoms with Crippen molar-refractivity contribution in [2.45, 2.75) is 40.8 Å². The first-order valence-corrected chi connectivity index (χ1v) is 20.5. The van der Waals surface area contributed by atoms with Crippen LogP contribution in [0.15, 0.2) is 133 Å². The fourth-order valence-electron chi connectivity index (χ4n) is 8.93. The van der Waals surface area contributed by atoms with Crippen molar-refractivity contribution in [1.82, 2.24) is 0 Å². The Bertz CT molecular complexity index is 2630. The zero-order valence-corrected chi connectivity index (χ0v) is 30.2. The number of aryl methyl sites for hydroxylation is 4. The number of hydrogen-bond donors (Lipinski definition) is 0. The molecule has 9 rings (SSSR count). The van der Waals surface area contributed by atoms with Crippen LogP contribution in [0.5, 0.6) is 0 Å². The van der Waals surface area contributed by atoms with Crippen LogP contribution in [0.1, 0.15) is 22.3 Å². The Kier molecular flexibility index (Phi) is 6.63. The van der Waals surface area contributed by atoms with Crippen LogP contribution < -0.4 is 10.4 Å². The molecule has 8 aromatic carbocycles. The first-order valence-electron chi connectivity index (χ1n) is 17.5. The van der Waals surface area contributed by atoms with Gasteiger partial charge in [0.25, 0.3) is 0 Å². The minimum atomic E-state index is -1.92. The summed E-state index contributed by atoms with van der Waals surface area (Å²) in [7, 11) is -1.92. The summed E-state index contributed by atoms with van der Waals surface area (Å²) in [5.74, 6) is 0. The summed E-state index contributed by atoms with van der Waals surface area (Å²) >= 11 is 0. The maximum absolute atomic E-state index is 2.61. The van der Waals surface area contributed by atoms with Crippen LogP contribution in [0.3, 0.4) is 0 Å². The summed E-state index contributed by atoms with van der Waals surface area (Å²) in [5.41, 5.74) is 15.8. The largest absolute Gasteiger partial charge is 0.113 e. The van der Waals surface area contributed by atoms with Crippen molar-refractivity contribution in [1.29, 1.82) is 0 Å². The van der Waals surface area contributed by atoms with E-state index >= 15 is 0 Å². The number of fused-ring (bicyclic) bond motifs is 6. The predicted molar refractivity (Wildman–Crippen MR) is 216 cm³/mol. The second-order valence-electron chi connectivity index (χ2n) is 14.9. The molecule has 0 aromatic heterocycles. The van der Waals surface area contributed by atoms with Crippen LogP contribution in [0.25, 0.3) is 76.8 Å². The van der Waals surface area contributed by atoms with Crippen molar-refractivity contribution in [3.8, 4) is 44.5 Å². The highest BCUT2D eigenvalue weighted by molar-refractivity contribution is 7.04. The summed E-state index contributed by atoms with van der Waals surface area (Å²) < 4.78 is 0. The van der Waals surface area contributed by atoms with Gasteiger partial charge < -0.3 is 0 Å². The molecule has 236 valence electrons. The van der Waals surface area contributed by atoms with Gasteiger partial charge in [-0.1, -0.05) is 157 Å².